The van der Waals surface area contributed by atoms with Crippen LogP contribution in [0.25, 0.3) is 6.08 Å². The molecule has 0 saturated carbocycles. The highest BCUT2D eigenvalue weighted by Gasteiger charge is 2.38. The Kier molecular flexibility index (Phi) is 6.75. The third kappa shape index (κ3) is 5.15. The molecule has 0 bridgehead atoms. The maximum absolute atomic E-state index is 12.7. The highest BCUT2D eigenvalue weighted by molar-refractivity contribution is 5.82. The van der Waals surface area contributed by atoms with Crippen LogP contribution in [0, 0.1) is 11.8 Å². The van der Waals surface area contributed by atoms with Crippen molar-refractivity contribution in [2.45, 2.75) is 77.9 Å². The normalized spacial score (nSPS) is 19.7. The average Bonchev–Trinajstić information content (AvgIpc) is 2.96. The van der Waals surface area contributed by atoms with Crippen molar-refractivity contribution in [2.24, 2.45) is 11.8 Å². The molecule has 2 amide bonds. The van der Waals surface area contributed by atoms with E-state index in [0.717, 1.165) is 25.0 Å². The lowest BCUT2D eigenvalue weighted by atomic mass is 9.84. The number of H-pyrrole nitrogens is 1. The SMILES string of the molecule is CC(C)CC(=O)NC1(NC(=O)CC(C)C)C=Cc2[nH]c3c(c2C1)CC(N(C)C)CC3. The van der Waals surface area contributed by atoms with Crippen LogP contribution in [0.15, 0.2) is 6.08 Å². The van der Waals surface area contributed by atoms with Gasteiger partial charge in [-0.1, -0.05) is 27.7 Å². The number of aromatic amines is 1. The van der Waals surface area contributed by atoms with E-state index in [2.05, 4.69) is 34.6 Å². The molecular weight excluding hydrogens is 376 g/mol. The maximum atomic E-state index is 12.7. The van der Waals surface area contributed by atoms with Gasteiger partial charge in [-0.15, -0.1) is 0 Å². The van der Waals surface area contributed by atoms with Crippen LogP contribution in [0.3, 0.4) is 0 Å². The zero-order chi connectivity index (χ0) is 22.1. The third-order valence-corrected chi connectivity index (χ3v) is 6.14. The largest absolute Gasteiger partial charge is 0.358 e. The first-order chi connectivity index (χ1) is 14.1. The summed E-state index contributed by atoms with van der Waals surface area (Å²) in [6.45, 7) is 8.12. The average molecular weight is 415 g/mol. The summed E-state index contributed by atoms with van der Waals surface area (Å²) in [7, 11) is 4.27. The predicted molar refractivity (Wildman–Crippen MR) is 121 cm³/mol. The quantitative estimate of drug-likeness (QED) is 0.600. The molecule has 1 unspecified atom stereocenters. The van der Waals surface area contributed by atoms with Crippen LogP contribution in [-0.2, 0) is 28.9 Å². The summed E-state index contributed by atoms with van der Waals surface area (Å²) in [5.74, 6) is 0.465. The van der Waals surface area contributed by atoms with Gasteiger partial charge in [0.25, 0.3) is 0 Å². The molecule has 30 heavy (non-hydrogen) atoms. The van der Waals surface area contributed by atoms with Crippen molar-refractivity contribution in [3.05, 3.63) is 28.6 Å². The molecule has 2 aliphatic carbocycles. The van der Waals surface area contributed by atoms with Crippen molar-refractivity contribution in [1.82, 2.24) is 20.5 Å². The number of rotatable bonds is 7. The molecule has 3 N–H and O–H groups in total. The van der Waals surface area contributed by atoms with E-state index >= 15 is 0 Å². The summed E-state index contributed by atoms with van der Waals surface area (Å²) >= 11 is 0. The second kappa shape index (κ2) is 8.96. The summed E-state index contributed by atoms with van der Waals surface area (Å²) < 4.78 is 0. The number of nitrogens with zero attached hydrogens (tertiary/aromatic N) is 1. The van der Waals surface area contributed by atoms with Gasteiger partial charge in [-0.25, -0.2) is 0 Å². The molecule has 3 rings (SSSR count). The van der Waals surface area contributed by atoms with Gasteiger partial charge in [0, 0.05) is 36.7 Å². The van der Waals surface area contributed by atoms with Crippen LogP contribution in [0.5, 0.6) is 0 Å². The van der Waals surface area contributed by atoms with E-state index in [1.807, 2.05) is 39.8 Å². The Morgan fingerprint density at radius 1 is 1.10 bits per heavy atom. The predicted octanol–water partition coefficient (Wildman–Crippen LogP) is 3.02. The Hall–Kier alpha value is -2.08. The van der Waals surface area contributed by atoms with Gasteiger partial charge in [-0.3, -0.25) is 9.59 Å². The molecule has 0 aromatic carbocycles. The minimum Gasteiger partial charge on any atom is -0.358 e. The third-order valence-electron chi connectivity index (χ3n) is 6.14. The van der Waals surface area contributed by atoms with Crippen LogP contribution in [-0.4, -0.2) is 47.5 Å². The van der Waals surface area contributed by atoms with Gasteiger partial charge in [0.2, 0.25) is 11.8 Å². The highest BCUT2D eigenvalue weighted by Crippen LogP contribution is 2.34. The van der Waals surface area contributed by atoms with Gasteiger partial charge in [0.1, 0.15) is 5.66 Å². The first kappa shape index (κ1) is 22.6. The van der Waals surface area contributed by atoms with Gasteiger partial charge in [-0.05, 0) is 68.5 Å². The van der Waals surface area contributed by atoms with E-state index in [9.17, 15) is 9.59 Å². The Morgan fingerprint density at radius 2 is 1.70 bits per heavy atom. The van der Waals surface area contributed by atoms with Crippen LogP contribution >= 0.6 is 0 Å². The molecule has 0 saturated heterocycles. The minimum absolute atomic E-state index is 0.0291. The van der Waals surface area contributed by atoms with Crippen LogP contribution in [0.4, 0.5) is 0 Å². The van der Waals surface area contributed by atoms with E-state index in [1.165, 1.54) is 16.8 Å². The standard InChI is InChI=1S/C24H38N4O2/c1-15(2)11-22(29)26-24(27-23(30)12-16(3)4)10-9-21-19(14-24)18-13-17(28(5)6)7-8-20(18)25-21/h9-10,15-17,25H,7-8,11-14H2,1-6H3,(H,26,29)(H,27,30). The monoisotopic (exact) mass is 414 g/mol. The smallest absolute Gasteiger partial charge is 0.222 e. The van der Waals surface area contributed by atoms with E-state index < -0.39 is 5.66 Å². The molecule has 1 aromatic heterocycles. The molecular formula is C24H38N4O2. The molecule has 6 nitrogen and oxygen atoms in total. The fourth-order valence-corrected chi connectivity index (χ4v) is 4.66. The molecule has 1 atom stereocenters. The Labute approximate surface area is 180 Å². The number of carbonyl (C=O) groups is 2. The lowest BCUT2D eigenvalue weighted by molar-refractivity contribution is -0.126. The van der Waals surface area contributed by atoms with Crippen molar-refractivity contribution >= 4 is 17.9 Å². The van der Waals surface area contributed by atoms with Gasteiger partial charge in [0.15, 0.2) is 0 Å². The Morgan fingerprint density at radius 3 is 2.23 bits per heavy atom. The van der Waals surface area contributed by atoms with Crippen molar-refractivity contribution < 1.29 is 9.59 Å². The lowest BCUT2D eigenvalue weighted by Gasteiger charge is -2.36. The Bertz CT molecular complexity index is 795. The number of nitrogens with one attached hydrogen (secondary N) is 3. The number of carbonyl (C=O) groups excluding carboxylic acids is 2. The van der Waals surface area contributed by atoms with E-state index in [4.69, 9.17) is 0 Å². The first-order valence-electron chi connectivity index (χ1n) is 11.3. The summed E-state index contributed by atoms with van der Waals surface area (Å²) in [6.07, 6.45) is 8.63. The number of likely N-dealkylation sites (N-methyl/N-ethyl adjacent to an activating group) is 1. The minimum atomic E-state index is -0.869. The molecule has 0 fully saturated rings. The van der Waals surface area contributed by atoms with Crippen LogP contribution < -0.4 is 10.6 Å². The molecule has 1 aromatic rings. The first-order valence-corrected chi connectivity index (χ1v) is 11.3. The summed E-state index contributed by atoms with van der Waals surface area (Å²) in [5.41, 5.74) is 4.15. The summed E-state index contributed by atoms with van der Waals surface area (Å²) in [6, 6.07) is 0.517. The number of hydrogen-bond acceptors (Lipinski definition) is 3. The number of aromatic nitrogens is 1. The fourth-order valence-electron chi connectivity index (χ4n) is 4.66. The van der Waals surface area contributed by atoms with E-state index in [0.29, 0.717) is 25.3 Å². The number of aryl methyl sites for hydroxylation is 1. The van der Waals surface area contributed by atoms with Gasteiger partial charge in [-0.2, -0.15) is 0 Å². The van der Waals surface area contributed by atoms with Crippen molar-refractivity contribution in [3.8, 4) is 0 Å². The van der Waals surface area contributed by atoms with Crippen LogP contribution in [0.2, 0.25) is 0 Å². The van der Waals surface area contributed by atoms with Gasteiger partial charge in [0.05, 0.1) is 0 Å². The molecule has 0 aliphatic heterocycles. The highest BCUT2D eigenvalue weighted by atomic mass is 16.2. The van der Waals surface area contributed by atoms with E-state index in [-0.39, 0.29) is 23.7 Å². The maximum Gasteiger partial charge on any atom is 0.222 e. The lowest BCUT2D eigenvalue weighted by Crippen LogP contribution is -2.61. The molecule has 0 spiro atoms. The number of hydrogen-bond donors (Lipinski definition) is 3. The second-order valence-corrected chi connectivity index (χ2v) is 10.1. The second-order valence-electron chi connectivity index (χ2n) is 10.1. The number of amides is 2. The molecule has 2 aliphatic rings. The summed E-state index contributed by atoms with van der Waals surface area (Å²) in [5, 5.41) is 6.31. The van der Waals surface area contributed by atoms with Gasteiger partial charge >= 0.3 is 0 Å². The molecule has 166 valence electrons. The Balaban J connectivity index is 1.89. The summed E-state index contributed by atoms with van der Waals surface area (Å²) in [4.78, 5) is 31.3. The zero-order valence-electron chi connectivity index (χ0n) is 19.4. The zero-order valence-corrected chi connectivity index (χ0v) is 19.4. The topological polar surface area (TPSA) is 77.2 Å². The van der Waals surface area contributed by atoms with Crippen molar-refractivity contribution in [3.63, 3.8) is 0 Å². The number of fused-ring (bicyclic) bond motifs is 3. The van der Waals surface area contributed by atoms with Crippen molar-refractivity contribution in [2.75, 3.05) is 14.1 Å². The van der Waals surface area contributed by atoms with E-state index in [1.54, 1.807) is 0 Å². The molecule has 0 radical (unpaired) electrons. The molecule has 6 heteroatoms. The fraction of sp³-hybridized carbons (Fsp3) is 0.667. The van der Waals surface area contributed by atoms with Gasteiger partial charge < -0.3 is 20.5 Å². The molecule has 1 heterocycles. The van der Waals surface area contributed by atoms with Crippen molar-refractivity contribution in [1.29, 1.82) is 0 Å². The van der Waals surface area contributed by atoms with Crippen LogP contribution in [0.1, 0.15) is 69.5 Å².